The molecule has 0 amide bonds. The second-order valence-corrected chi connectivity index (χ2v) is 5.23. The molecule has 0 aromatic carbocycles. The number of hydrogen-bond acceptors (Lipinski definition) is 4. The molecule has 1 rings (SSSR count). The summed E-state index contributed by atoms with van der Waals surface area (Å²) in [5, 5.41) is 13.1. The van der Waals surface area contributed by atoms with E-state index in [2.05, 4.69) is 5.32 Å². The summed E-state index contributed by atoms with van der Waals surface area (Å²) >= 11 is 0. The van der Waals surface area contributed by atoms with Crippen LogP contribution < -0.4 is 16.6 Å². The smallest absolute Gasteiger partial charge is 0.330 e. The first-order valence-electron chi connectivity index (χ1n) is 6.47. The maximum atomic E-state index is 11.7. The zero-order chi connectivity index (χ0) is 14.6. The van der Waals surface area contributed by atoms with Crippen LogP contribution in [0, 0.1) is 0 Å². The molecule has 0 aliphatic carbocycles. The van der Waals surface area contributed by atoms with Gasteiger partial charge in [0.15, 0.2) is 0 Å². The van der Waals surface area contributed by atoms with E-state index in [0.29, 0.717) is 25.2 Å². The molecule has 0 fully saturated rings. The highest BCUT2D eigenvalue weighted by molar-refractivity contribution is 5.02. The Kier molecular flexibility index (Phi) is 5.08. The van der Waals surface area contributed by atoms with Crippen molar-refractivity contribution < 1.29 is 5.11 Å². The molecule has 1 atom stereocenters. The summed E-state index contributed by atoms with van der Waals surface area (Å²) in [6, 6.07) is 1.43. The van der Waals surface area contributed by atoms with Gasteiger partial charge in [0.2, 0.25) is 0 Å². The molecule has 0 spiro atoms. The Labute approximate surface area is 112 Å². The molecule has 0 bridgehead atoms. The van der Waals surface area contributed by atoms with Gasteiger partial charge in [0.05, 0.1) is 5.60 Å². The molecular weight excluding hydrogens is 246 g/mol. The van der Waals surface area contributed by atoms with Crippen molar-refractivity contribution in [3.63, 3.8) is 0 Å². The summed E-state index contributed by atoms with van der Waals surface area (Å²) in [5.74, 6) is 0. The van der Waals surface area contributed by atoms with Crippen LogP contribution in [0.4, 0.5) is 0 Å². The van der Waals surface area contributed by atoms with E-state index >= 15 is 0 Å². The van der Waals surface area contributed by atoms with Crippen LogP contribution in [0.25, 0.3) is 0 Å². The van der Waals surface area contributed by atoms with Gasteiger partial charge in [-0.25, -0.2) is 4.79 Å². The Hall–Kier alpha value is -1.40. The summed E-state index contributed by atoms with van der Waals surface area (Å²) in [6.45, 7) is 4.58. The van der Waals surface area contributed by atoms with E-state index < -0.39 is 5.60 Å². The van der Waals surface area contributed by atoms with E-state index in [-0.39, 0.29) is 11.2 Å². The SMILES string of the molecule is CCCC(C)(O)CNCc1cc(=O)n(C)c(=O)n1C. The first-order chi connectivity index (χ1) is 8.78. The quantitative estimate of drug-likeness (QED) is 0.745. The topological polar surface area (TPSA) is 76.3 Å². The Morgan fingerprint density at radius 1 is 1.32 bits per heavy atom. The van der Waals surface area contributed by atoms with Crippen molar-refractivity contribution >= 4 is 0 Å². The maximum Gasteiger partial charge on any atom is 0.330 e. The van der Waals surface area contributed by atoms with Crippen molar-refractivity contribution in [1.29, 1.82) is 0 Å². The summed E-state index contributed by atoms with van der Waals surface area (Å²) in [6.07, 6.45) is 1.61. The highest BCUT2D eigenvalue weighted by Gasteiger charge is 2.18. The fourth-order valence-electron chi connectivity index (χ4n) is 2.03. The van der Waals surface area contributed by atoms with E-state index in [1.807, 2.05) is 6.92 Å². The third-order valence-corrected chi connectivity index (χ3v) is 3.23. The van der Waals surface area contributed by atoms with Crippen LogP contribution in [-0.4, -0.2) is 26.4 Å². The first kappa shape index (κ1) is 15.7. The van der Waals surface area contributed by atoms with E-state index in [1.165, 1.54) is 17.7 Å². The van der Waals surface area contributed by atoms with Gasteiger partial charge >= 0.3 is 5.69 Å². The van der Waals surface area contributed by atoms with Gasteiger partial charge in [-0.2, -0.15) is 0 Å². The van der Waals surface area contributed by atoms with Crippen molar-refractivity contribution in [3.8, 4) is 0 Å². The summed E-state index contributed by atoms with van der Waals surface area (Å²) in [7, 11) is 3.08. The molecule has 1 unspecified atom stereocenters. The maximum absolute atomic E-state index is 11.7. The lowest BCUT2D eigenvalue weighted by Crippen LogP contribution is -2.41. The van der Waals surface area contributed by atoms with Crippen molar-refractivity contribution in [3.05, 3.63) is 32.6 Å². The van der Waals surface area contributed by atoms with Crippen LogP contribution in [0.2, 0.25) is 0 Å². The van der Waals surface area contributed by atoms with Crippen molar-refractivity contribution in [1.82, 2.24) is 14.5 Å². The van der Waals surface area contributed by atoms with Gasteiger partial charge in [0.1, 0.15) is 0 Å². The van der Waals surface area contributed by atoms with Crippen LogP contribution >= 0.6 is 0 Å². The van der Waals surface area contributed by atoms with Crippen molar-refractivity contribution in [2.75, 3.05) is 6.54 Å². The Morgan fingerprint density at radius 3 is 2.53 bits per heavy atom. The second kappa shape index (κ2) is 6.16. The predicted molar refractivity (Wildman–Crippen MR) is 74.2 cm³/mol. The average molecular weight is 269 g/mol. The van der Waals surface area contributed by atoms with Gasteiger partial charge in [-0.1, -0.05) is 13.3 Å². The van der Waals surface area contributed by atoms with Gasteiger partial charge in [-0.3, -0.25) is 13.9 Å². The van der Waals surface area contributed by atoms with Crippen molar-refractivity contribution in [2.45, 2.75) is 38.8 Å². The van der Waals surface area contributed by atoms with E-state index in [1.54, 1.807) is 14.0 Å². The molecular formula is C13H23N3O3. The average Bonchev–Trinajstić information content (AvgIpc) is 2.32. The molecule has 0 aliphatic rings. The lowest BCUT2D eigenvalue weighted by molar-refractivity contribution is 0.0496. The second-order valence-electron chi connectivity index (χ2n) is 5.23. The fourth-order valence-corrected chi connectivity index (χ4v) is 2.03. The molecule has 6 nitrogen and oxygen atoms in total. The Bertz CT molecular complexity index is 543. The molecule has 1 aromatic rings. The highest BCUT2D eigenvalue weighted by atomic mass is 16.3. The van der Waals surface area contributed by atoms with Crippen LogP contribution in [0.15, 0.2) is 15.7 Å². The van der Waals surface area contributed by atoms with Crippen LogP contribution in [0.1, 0.15) is 32.4 Å². The van der Waals surface area contributed by atoms with Gasteiger partial charge < -0.3 is 10.4 Å². The zero-order valence-corrected chi connectivity index (χ0v) is 12.1. The number of aromatic nitrogens is 2. The number of nitrogens with zero attached hydrogens (tertiary/aromatic N) is 2. The number of aliphatic hydroxyl groups is 1. The van der Waals surface area contributed by atoms with E-state index in [9.17, 15) is 14.7 Å². The summed E-state index contributed by atoms with van der Waals surface area (Å²) < 4.78 is 2.50. The zero-order valence-electron chi connectivity index (χ0n) is 12.1. The first-order valence-corrected chi connectivity index (χ1v) is 6.47. The normalized spacial score (nSPS) is 14.4. The Morgan fingerprint density at radius 2 is 1.95 bits per heavy atom. The fraction of sp³-hybridized carbons (Fsp3) is 0.692. The van der Waals surface area contributed by atoms with Gasteiger partial charge in [-0.05, 0) is 13.3 Å². The summed E-state index contributed by atoms with van der Waals surface area (Å²) in [5.41, 5.74) is -0.821. The molecule has 1 aromatic heterocycles. The Balaban J connectivity index is 2.75. The number of hydrogen-bond donors (Lipinski definition) is 2. The van der Waals surface area contributed by atoms with Crippen LogP contribution in [0.3, 0.4) is 0 Å². The molecule has 108 valence electrons. The van der Waals surface area contributed by atoms with Gasteiger partial charge in [-0.15, -0.1) is 0 Å². The predicted octanol–water partition coefficient (Wildman–Crippen LogP) is -0.275. The monoisotopic (exact) mass is 269 g/mol. The van der Waals surface area contributed by atoms with Gasteiger partial charge in [0.25, 0.3) is 5.56 Å². The molecule has 1 heterocycles. The minimum Gasteiger partial charge on any atom is -0.389 e. The standard InChI is InChI=1S/C13H23N3O3/c1-5-6-13(2,19)9-14-8-10-7-11(17)16(4)12(18)15(10)3/h7,14,19H,5-6,8-9H2,1-4H3. The minimum absolute atomic E-state index is 0.319. The van der Waals surface area contributed by atoms with E-state index in [4.69, 9.17) is 0 Å². The van der Waals surface area contributed by atoms with E-state index in [0.717, 1.165) is 11.0 Å². The molecule has 0 aliphatic heterocycles. The number of rotatable bonds is 6. The molecule has 0 saturated heterocycles. The third-order valence-electron chi connectivity index (χ3n) is 3.23. The van der Waals surface area contributed by atoms with Gasteiger partial charge in [0, 0.05) is 38.9 Å². The molecule has 19 heavy (non-hydrogen) atoms. The third kappa shape index (κ3) is 4.04. The van der Waals surface area contributed by atoms with Crippen LogP contribution in [0.5, 0.6) is 0 Å². The largest absolute Gasteiger partial charge is 0.389 e. The lowest BCUT2D eigenvalue weighted by Gasteiger charge is -2.23. The molecule has 0 radical (unpaired) electrons. The highest BCUT2D eigenvalue weighted by Crippen LogP contribution is 2.10. The molecule has 6 heteroatoms. The summed E-state index contributed by atoms with van der Waals surface area (Å²) in [4.78, 5) is 23.3. The van der Waals surface area contributed by atoms with Crippen molar-refractivity contribution in [2.24, 2.45) is 14.1 Å². The lowest BCUT2D eigenvalue weighted by atomic mass is 10.0. The number of nitrogens with one attached hydrogen (secondary N) is 1. The van der Waals surface area contributed by atoms with Crippen LogP contribution in [-0.2, 0) is 20.6 Å². The molecule has 0 saturated carbocycles. The minimum atomic E-state index is -0.770. The molecule has 2 N–H and O–H groups in total.